The monoisotopic (exact) mass is 424 g/mol. The zero-order valence-corrected chi connectivity index (χ0v) is 19.2. The van der Waals surface area contributed by atoms with Crippen molar-refractivity contribution in [2.75, 3.05) is 0 Å². The van der Waals surface area contributed by atoms with Crippen molar-refractivity contribution in [1.29, 1.82) is 0 Å². The van der Waals surface area contributed by atoms with Crippen molar-refractivity contribution < 1.29 is 5.11 Å². The van der Waals surface area contributed by atoms with E-state index in [4.69, 9.17) is 23.2 Å². The van der Waals surface area contributed by atoms with Crippen molar-refractivity contribution in [1.82, 2.24) is 0 Å². The quantitative estimate of drug-likeness (QED) is 0.298. The molecular weight excluding hydrogens is 387 g/mol. The number of rotatable bonds is 10. The van der Waals surface area contributed by atoms with Crippen LogP contribution < -0.4 is 0 Å². The number of unbranched alkanes of at least 4 members (excludes halogenated alkanes) is 3. The Balaban J connectivity index is 1.77. The van der Waals surface area contributed by atoms with Crippen molar-refractivity contribution in [3.8, 4) is 0 Å². The second-order valence-electron chi connectivity index (χ2n) is 9.35. The van der Waals surface area contributed by atoms with Gasteiger partial charge in [-0.25, -0.2) is 0 Å². The van der Waals surface area contributed by atoms with Crippen LogP contribution >= 0.6 is 23.2 Å². The maximum absolute atomic E-state index is 11.2. The third-order valence-electron chi connectivity index (χ3n) is 7.45. The third kappa shape index (κ3) is 4.73. The fraction of sp³-hybridized carbons (Fsp3) is 0.760. The molecule has 2 fully saturated rings. The van der Waals surface area contributed by atoms with E-state index in [0.717, 1.165) is 44.1 Å². The van der Waals surface area contributed by atoms with Gasteiger partial charge in [-0.2, -0.15) is 0 Å². The van der Waals surface area contributed by atoms with Gasteiger partial charge >= 0.3 is 0 Å². The Morgan fingerprint density at radius 3 is 2.50 bits per heavy atom. The van der Waals surface area contributed by atoms with Crippen LogP contribution in [0.1, 0.15) is 108 Å². The Morgan fingerprint density at radius 2 is 1.86 bits per heavy atom. The fourth-order valence-corrected chi connectivity index (χ4v) is 6.82. The van der Waals surface area contributed by atoms with Gasteiger partial charge in [0.15, 0.2) is 0 Å². The van der Waals surface area contributed by atoms with E-state index in [0.29, 0.717) is 11.8 Å². The van der Waals surface area contributed by atoms with Crippen LogP contribution in [0, 0.1) is 11.3 Å². The average Bonchev–Trinajstić information content (AvgIpc) is 2.94. The van der Waals surface area contributed by atoms with Crippen LogP contribution in [0.2, 0.25) is 0 Å². The lowest BCUT2D eigenvalue weighted by Crippen LogP contribution is -2.36. The first kappa shape index (κ1) is 22.4. The van der Waals surface area contributed by atoms with Gasteiger partial charge in [-0.1, -0.05) is 76.6 Å². The molecule has 2 aliphatic carbocycles. The minimum absolute atomic E-state index is 0.0952. The third-order valence-corrected chi connectivity index (χ3v) is 8.40. The van der Waals surface area contributed by atoms with E-state index in [9.17, 15) is 5.11 Å². The first-order chi connectivity index (χ1) is 13.5. The van der Waals surface area contributed by atoms with Gasteiger partial charge in [0.1, 0.15) is 0 Å². The van der Waals surface area contributed by atoms with Crippen LogP contribution in [0.25, 0.3) is 0 Å². The van der Waals surface area contributed by atoms with Crippen molar-refractivity contribution in [2.24, 2.45) is 11.3 Å². The molecule has 158 valence electrons. The predicted octanol–water partition coefficient (Wildman–Crippen LogP) is 7.98. The molecule has 0 spiro atoms. The molecule has 1 nitrogen and oxygen atoms in total. The van der Waals surface area contributed by atoms with Gasteiger partial charge in [0.2, 0.25) is 0 Å². The zero-order chi connectivity index (χ0) is 20.1. The summed E-state index contributed by atoms with van der Waals surface area (Å²) in [4.78, 5) is 0. The van der Waals surface area contributed by atoms with Crippen molar-refractivity contribution in [3.05, 3.63) is 35.4 Å². The Labute approximate surface area is 182 Å². The van der Waals surface area contributed by atoms with Crippen LogP contribution in [-0.2, 0) is 0 Å². The lowest BCUT2D eigenvalue weighted by Gasteiger charge is -2.46. The molecule has 0 aliphatic heterocycles. The summed E-state index contributed by atoms with van der Waals surface area (Å²) >= 11 is 13.5. The summed E-state index contributed by atoms with van der Waals surface area (Å²) in [6.07, 6.45) is 12.6. The Kier molecular flexibility index (Phi) is 8.16. The van der Waals surface area contributed by atoms with Gasteiger partial charge in [0, 0.05) is 22.1 Å². The van der Waals surface area contributed by atoms with Crippen LogP contribution in [0.3, 0.4) is 0 Å². The van der Waals surface area contributed by atoms with E-state index in [2.05, 4.69) is 38.1 Å². The highest BCUT2D eigenvalue weighted by Gasteiger charge is 2.44. The van der Waals surface area contributed by atoms with Crippen LogP contribution in [-0.4, -0.2) is 15.9 Å². The normalized spacial score (nSPS) is 30.2. The van der Waals surface area contributed by atoms with Gasteiger partial charge in [-0.3, -0.25) is 0 Å². The Morgan fingerprint density at radius 1 is 1.07 bits per heavy atom. The maximum Gasteiger partial charge on any atom is 0.0846 e. The number of halogens is 2. The number of alkyl halides is 2. The summed E-state index contributed by atoms with van der Waals surface area (Å²) in [6.45, 7) is 4.48. The van der Waals surface area contributed by atoms with Gasteiger partial charge in [-0.05, 0) is 49.1 Å². The molecule has 2 aliphatic rings. The molecule has 0 bridgehead atoms. The zero-order valence-electron chi connectivity index (χ0n) is 17.7. The SMILES string of the molecule is CCCCCCC1C(Cl)CC(Cl)C1c1cccc(C(O)C2(CCC)CCC2)c1. The Bertz CT molecular complexity index is 612. The number of aliphatic hydroxyl groups is 1. The molecule has 1 aromatic rings. The minimum atomic E-state index is -0.355. The van der Waals surface area contributed by atoms with Crippen LogP contribution in [0.5, 0.6) is 0 Å². The van der Waals surface area contributed by atoms with E-state index in [1.165, 1.54) is 37.7 Å². The molecule has 5 atom stereocenters. The summed E-state index contributed by atoms with van der Waals surface area (Å²) in [5, 5.41) is 11.5. The largest absolute Gasteiger partial charge is 0.388 e. The second kappa shape index (κ2) is 10.2. The highest BCUT2D eigenvalue weighted by molar-refractivity contribution is 6.25. The number of hydrogen-bond acceptors (Lipinski definition) is 1. The van der Waals surface area contributed by atoms with Crippen molar-refractivity contribution in [2.45, 2.75) is 107 Å². The molecule has 0 radical (unpaired) electrons. The van der Waals surface area contributed by atoms with Gasteiger partial charge in [0.25, 0.3) is 0 Å². The molecule has 28 heavy (non-hydrogen) atoms. The smallest absolute Gasteiger partial charge is 0.0846 e. The summed E-state index contributed by atoms with van der Waals surface area (Å²) < 4.78 is 0. The van der Waals surface area contributed by atoms with Gasteiger partial charge in [-0.15, -0.1) is 23.2 Å². The molecule has 3 rings (SSSR count). The van der Waals surface area contributed by atoms with Crippen molar-refractivity contribution in [3.63, 3.8) is 0 Å². The molecule has 3 heteroatoms. The predicted molar refractivity (Wildman–Crippen MR) is 121 cm³/mol. The first-order valence-corrected chi connectivity index (χ1v) is 12.5. The van der Waals surface area contributed by atoms with E-state index >= 15 is 0 Å². The molecule has 0 aromatic heterocycles. The lowest BCUT2D eigenvalue weighted by atomic mass is 9.61. The van der Waals surface area contributed by atoms with Gasteiger partial charge in [0.05, 0.1) is 6.10 Å². The summed E-state index contributed by atoms with van der Waals surface area (Å²) in [7, 11) is 0. The Hall–Kier alpha value is -0.240. The fourth-order valence-electron chi connectivity index (χ4n) is 5.73. The molecule has 0 heterocycles. The van der Waals surface area contributed by atoms with Crippen LogP contribution in [0.4, 0.5) is 0 Å². The van der Waals surface area contributed by atoms with E-state index in [1.807, 2.05) is 0 Å². The highest BCUT2D eigenvalue weighted by Crippen LogP contribution is 2.54. The average molecular weight is 425 g/mol. The number of aliphatic hydroxyl groups excluding tert-OH is 1. The molecular formula is C25H38Cl2O. The topological polar surface area (TPSA) is 20.2 Å². The molecule has 0 saturated heterocycles. The van der Waals surface area contributed by atoms with Gasteiger partial charge < -0.3 is 5.11 Å². The molecule has 1 N–H and O–H groups in total. The highest BCUT2D eigenvalue weighted by atomic mass is 35.5. The molecule has 0 amide bonds. The number of benzene rings is 1. The summed E-state index contributed by atoms with van der Waals surface area (Å²) in [5.74, 6) is 0.753. The van der Waals surface area contributed by atoms with E-state index < -0.39 is 0 Å². The standard InChI is InChI=1S/C25H38Cl2O/c1-3-5-6-7-12-20-21(26)17-22(27)23(20)18-10-8-11-19(16-18)24(28)25(13-4-2)14-9-15-25/h8,10-11,16,20-24,28H,3-7,9,12-15,17H2,1-2H3. The molecule has 5 unspecified atom stereocenters. The van der Waals surface area contributed by atoms with Crippen LogP contribution in [0.15, 0.2) is 24.3 Å². The molecule has 2 saturated carbocycles. The first-order valence-electron chi connectivity index (χ1n) is 11.6. The minimum Gasteiger partial charge on any atom is -0.388 e. The molecule has 1 aromatic carbocycles. The summed E-state index contributed by atoms with van der Waals surface area (Å²) in [5.41, 5.74) is 2.46. The maximum atomic E-state index is 11.2. The van der Waals surface area contributed by atoms with E-state index in [-0.39, 0.29) is 22.3 Å². The van der Waals surface area contributed by atoms with Crippen molar-refractivity contribution >= 4 is 23.2 Å². The van der Waals surface area contributed by atoms with E-state index in [1.54, 1.807) is 0 Å². The number of hydrogen-bond donors (Lipinski definition) is 1. The lowest BCUT2D eigenvalue weighted by molar-refractivity contribution is -0.0440. The second-order valence-corrected chi connectivity index (χ2v) is 10.5. The summed E-state index contributed by atoms with van der Waals surface area (Å²) in [6, 6.07) is 8.67.